The van der Waals surface area contributed by atoms with Crippen molar-refractivity contribution < 1.29 is 23.8 Å². The maximum Gasteiger partial charge on any atom is 0.410 e. The summed E-state index contributed by atoms with van der Waals surface area (Å²) in [6.45, 7) is 5.44. The van der Waals surface area contributed by atoms with E-state index in [1.165, 1.54) is 11.0 Å². The molecule has 1 amide bonds. The van der Waals surface area contributed by atoms with Crippen molar-refractivity contribution in [2.24, 2.45) is 0 Å². The number of Topliss-reactive ketones (excluding diaryl/α,β-unsaturated/α-hetero) is 1. The van der Waals surface area contributed by atoms with E-state index in [-0.39, 0.29) is 30.2 Å². The van der Waals surface area contributed by atoms with Crippen molar-refractivity contribution in [2.45, 2.75) is 57.8 Å². The van der Waals surface area contributed by atoms with Gasteiger partial charge in [-0.15, -0.1) is 0 Å². The van der Waals surface area contributed by atoms with Crippen LogP contribution in [0.2, 0.25) is 5.02 Å². The van der Waals surface area contributed by atoms with Crippen molar-refractivity contribution in [1.82, 2.24) is 4.90 Å². The van der Waals surface area contributed by atoms with Gasteiger partial charge in [-0.25, -0.2) is 9.18 Å². The van der Waals surface area contributed by atoms with Gasteiger partial charge in [-0.3, -0.25) is 9.69 Å². The predicted octanol–water partition coefficient (Wildman–Crippen LogP) is 3.35. The number of aliphatic hydroxyl groups excluding tert-OH is 1. The molecule has 1 heterocycles. The van der Waals surface area contributed by atoms with Crippen LogP contribution >= 0.6 is 11.6 Å². The first kappa shape index (κ1) is 19.7. The molecule has 1 aromatic carbocycles. The van der Waals surface area contributed by atoms with Gasteiger partial charge in [-0.2, -0.15) is 0 Å². The number of aryl methyl sites for hydroxylation is 1. The normalized spacial score (nSPS) is 20.6. The van der Waals surface area contributed by atoms with E-state index in [9.17, 15) is 19.1 Å². The Morgan fingerprint density at radius 1 is 1.40 bits per heavy atom. The quantitative estimate of drug-likeness (QED) is 0.881. The van der Waals surface area contributed by atoms with Gasteiger partial charge in [0, 0.05) is 13.0 Å². The van der Waals surface area contributed by atoms with Crippen molar-refractivity contribution in [2.75, 3.05) is 6.54 Å². The molecule has 0 spiro atoms. The van der Waals surface area contributed by atoms with Gasteiger partial charge < -0.3 is 9.84 Å². The molecule has 5 nitrogen and oxygen atoms in total. The summed E-state index contributed by atoms with van der Waals surface area (Å²) in [4.78, 5) is 26.1. The minimum atomic E-state index is -0.961. The fourth-order valence-electron chi connectivity index (χ4n) is 2.84. The number of likely N-dealkylation sites (tertiary alicyclic amines) is 1. The number of hydrogen-bond acceptors (Lipinski definition) is 4. The second-order valence-electron chi connectivity index (χ2n) is 7.15. The zero-order valence-corrected chi connectivity index (χ0v) is 15.3. The Kier molecular flexibility index (Phi) is 6.06. The van der Waals surface area contributed by atoms with Crippen molar-refractivity contribution in [1.29, 1.82) is 0 Å². The number of carbonyl (C=O) groups is 2. The zero-order chi connectivity index (χ0) is 18.8. The minimum absolute atomic E-state index is 0.00114. The first-order valence-electron chi connectivity index (χ1n) is 8.23. The van der Waals surface area contributed by atoms with Crippen LogP contribution in [-0.2, 0) is 16.0 Å². The summed E-state index contributed by atoms with van der Waals surface area (Å²) < 4.78 is 19.2. The van der Waals surface area contributed by atoms with Gasteiger partial charge in [0.25, 0.3) is 0 Å². The molecule has 1 aliphatic rings. The number of aliphatic hydroxyl groups is 1. The summed E-state index contributed by atoms with van der Waals surface area (Å²) in [5.74, 6) is -0.872. The minimum Gasteiger partial charge on any atom is -0.444 e. The van der Waals surface area contributed by atoms with Gasteiger partial charge in [-0.05, 0) is 45.2 Å². The van der Waals surface area contributed by atoms with E-state index in [1.807, 2.05) is 0 Å². The lowest BCUT2D eigenvalue weighted by Gasteiger charge is -2.28. The number of rotatable bonds is 4. The molecule has 0 saturated carbocycles. The van der Waals surface area contributed by atoms with Crippen LogP contribution in [0, 0.1) is 5.82 Å². The number of ketones is 1. The largest absolute Gasteiger partial charge is 0.444 e. The number of nitrogens with zero attached hydrogens (tertiary/aromatic N) is 1. The third kappa shape index (κ3) is 4.92. The van der Waals surface area contributed by atoms with Gasteiger partial charge in [0.05, 0.1) is 11.1 Å². The molecule has 0 aliphatic carbocycles. The summed E-state index contributed by atoms with van der Waals surface area (Å²) in [6, 6.07) is 3.65. The maximum absolute atomic E-state index is 13.9. The van der Waals surface area contributed by atoms with E-state index in [4.69, 9.17) is 16.3 Å². The van der Waals surface area contributed by atoms with Crippen LogP contribution in [-0.4, -0.2) is 46.2 Å². The Morgan fingerprint density at radius 3 is 2.72 bits per heavy atom. The summed E-state index contributed by atoms with van der Waals surface area (Å²) in [6.07, 6.45) is -1.11. The van der Waals surface area contributed by atoms with Crippen LogP contribution < -0.4 is 0 Å². The molecular weight excluding hydrogens is 349 g/mol. The number of benzene rings is 1. The van der Waals surface area contributed by atoms with E-state index in [0.717, 1.165) is 0 Å². The highest BCUT2D eigenvalue weighted by Gasteiger charge is 2.42. The molecule has 1 aliphatic heterocycles. The average molecular weight is 372 g/mol. The van der Waals surface area contributed by atoms with Crippen molar-refractivity contribution in [3.05, 3.63) is 34.6 Å². The van der Waals surface area contributed by atoms with E-state index < -0.39 is 29.7 Å². The first-order valence-corrected chi connectivity index (χ1v) is 8.61. The van der Waals surface area contributed by atoms with Gasteiger partial charge in [0.2, 0.25) is 0 Å². The van der Waals surface area contributed by atoms with Crippen molar-refractivity contribution in [3.8, 4) is 0 Å². The molecule has 0 radical (unpaired) electrons. The van der Waals surface area contributed by atoms with Crippen molar-refractivity contribution >= 4 is 23.5 Å². The highest BCUT2D eigenvalue weighted by atomic mass is 35.5. The van der Waals surface area contributed by atoms with E-state index >= 15 is 0 Å². The topological polar surface area (TPSA) is 66.8 Å². The standard InChI is InChI=1S/C18H23ClFNO4/c1-18(2,3)25-17(24)21-10-9-14(23)16(21)13(22)8-7-11-5-4-6-12(19)15(11)20/h4-6,14,16,23H,7-10H2,1-3H3/t14-,16+/m0/s1. The summed E-state index contributed by atoms with van der Waals surface area (Å²) in [7, 11) is 0. The van der Waals surface area contributed by atoms with E-state index in [0.29, 0.717) is 12.0 Å². The van der Waals surface area contributed by atoms with Crippen LogP contribution in [0.4, 0.5) is 9.18 Å². The molecular formula is C18H23ClFNO4. The highest BCUT2D eigenvalue weighted by Crippen LogP contribution is 2.24. The fraction of sp³-hybridized carbons (Fsp3) is 0.556. The predicted molar refractivity (Wildman–Crippen MR) is 92.1 cm³/mol. The molecule has 1 N–H and O–H groups in total. The summed E-state index contributed by atoms with van der Waals surface area (Å²) in [5.41, 5.74) is -0.362. The lowest BCUT2D eigenvalue weighted by molar-refractivity contribution is -0.125. The molecule has 1 saturated heterocycles. The third-order valence-electron chi connectivity index (χ3n) is 4.00. The van der Waals surface area contributed by atoms with Gasteiger partial charge in [-0.1, -0.05) is 23.7 Å². The van der Waals surface area contributed by atoms with Gasteiger partial charge >= 0.3 is 6.09 Å². The summed E-state index contributed by atoms with van der Waals surface area (Å²) >= 11 is 5.74. The Hall–Kier alpha value is -1.66. The van der Waals surface area contributed by atoms with Crippen LogP contribution in [0.15, 0.2) is 18.2 Å². The SMILES string of the molecule is CC(C)(C)OC(=O)N1CC[C@H](O)[C@H]1C(=O)CCc1cccc(Cl)c1F. The average Bonchev–Trinajstić information content (AvgIpc) is 2.89. The molecule has 2 atom stereocenters. The molecule has 0 unspecified atom stereocenters. The molecule has 2 rings (SSSR count). The smallest absolute Gasteiger partial charge is 0.410 e. The Bertz CT molecular complexity index is 659. The second kappa shape index (κ2) is 7.70. The Balaban J connectivity index is 2.05. The lowest BCUT2D eigenvalue weighted by atomic mass is 10.00. The van der Waals surface area contributed by atoms with Crippen LogP contribution in [0.1, 0.15) is 39.2 Å². The number of amides is 1. The van der Waals surface area contributed by atoms with Crippen LogP contribution in [0.3, 0.4) is 0 Å². The molecule has 25 heavy (non-hydrogen) atoms. The number of ether oxygens (including phenoxy) is 1. The van der Waals surface area contributed by atoms with Crippen LogP contribution in [0.5, 0.6) is 0 Å². The lowest BCUT2D eigenvalue weighted by Crippen LogP contribution is -2.47. The third-order valence-corrected chi connectivity index (χ3v) is 4.29. The number of halogens is 2. The molecule has 7 heteroatoms. The Labute approximate surface area is 151 Å². The molecule has 138 valence electrons. The van der Waals surface area contributed by atoms with E-state index in [2.05, 4.69) is 0 Å². The first-order chi connectivity index (χ1) is 11.6. The Morgan fingerprint density at radius 2 is 2.08 bits per heavy atom. The molecule has 0 aromatic heterocycles. The fourth-order valence-corrected chi connectivity index (χ4v) is 3.03. The number of carbonyl (C=O) groups excluding carboxylic acids is 2. The van der Waals surface area contributed by atoms with Gasteiger partial charge in [0.1, 0.15) is 17.5 Å². The maximum atomic E-state index is 13.9. The van der Waals surface area contributed by atoms with E-state index in [1.54, 1.807) is 32.9 Å². The molecule has 1 aromatic rings. The molecule has 0 bridgehead atoms. The zero-order valence-electron chi connectivity index (χ0n) is 14.6. The number of hydrogen-bond donors (Lipinski definition) is 1. The van der Waals surface area contributed by atoms with Crippen LogP contribution in [0.25, 0.3) is 0 Å². The highest BCUT2D eigenvalue weighted by molar-refractivity contribution is 6.30. The van der Waals surface area contributed by atoms with Gasteiger partial charge in [0.15, 0.2) is 5.78 Å². The van der Waals surface area contributed by atoms with Crippen molar-refractivity contribution in [3.63, 3.8) is 0 Å². The second-order valence-corrected chi connectivity index (χ2v) is 7.56. The monoisotopic (exact) mass is 371 g/mol. The summed E-state index contributed by atoms with van der Waals surface area (Å²) in [5, 5.41) is 10.1. The molecule has 1 fully saturated rings.